The first-order chi connectivity index (χ1) is 14.7. The van der Waals surface area contributed by atoms with Crippen molar-refractivity contribution in [3.63, 3.8) is 0 Å². The van der Waals surface area contributed by atoms with E-state index in [2.05, 4.69) is 17.4 Å². The Morgan fingerprint density at radius 2 is 1.97 bits per heavy atom. The summed E-state index contributed by atoms with van der Waals surface area (Å²) in [5, 5.41) is 4.18. The molecule has 30 heavy (non-hydrogen) atoms. The van der Waals surface area contributed by atoms with Gasteiger partial charge in [0.05, 0.1) is 18.3 Å². The molecular weight excluding hydrogens is 416 g/mol. The smallest absolute Gasteiger partial charge is 0.220 e. The van der Waals surface area contributed by atoms with Crippen molar-refractivity contribution in [1.82, 2.24) is 10.3 Å². The lowest BCUT2D eigenvalue weighted by Gasteiger charge is -2.12. The number of thiazole rings is 1. The summed E-state index contributed by atoms with van der Waals surface area (Å²) in [6.45, 7) is 0.625. The fourth-order valence-electron chi connectivity index (χ4n) is 3.60. The van der Waals surface area contributed by atoms with Gasteiger partial charge < -0.3 is 10.1 Å². The van der Waals surface area contributed by atoms with E-state index in [4.69, 9.17) is 21.3 Å². The van der Waals surface area contributed by atoms with Crippen LogP contribution >= 0.6 is 22.9 Å². The average Bonchev–Trinajstić information content (AvgIpc) is 3.36. The highest BCUT2D eigenvalue weighted by molar-refractivity contribution is 7.15. The molecule has 0 aliphatic heterocycles. The molecule has 1 N–H and O–H groups in total. The number of alkyl halides is 1. The number of carbonyl (C=O) groups excluding carboxylic acids is 1. The summed E-state index contributed by atoms with van der Waals surface area (Å²) in [7, 11) is 0. The molecule has 3 aromatic rings. The summed E-state index contributed by atoms with van der Waals surface area (Å²) in [6.07, 6.45) is 3.99. The van der Waals surface area contributed by atoms with Crippen LogP contribution in [-0.2, 0) is 17.6 Å². The highest BCUT2D eigenvalue weighted by Gasteiger charge is 2.28. The predicted octanol–water partition coefficient (Wildman–Crippen LogP) is 5.55. The molecular formula is C24H25ClN2O2S. The van der Waals surface area contributed by atoms with Crippen LogP contribution in [0.2, 0.25) is 0 Å². The molecule has 0 bridgehead atoms. The number of halogens is 1. The van der Waals surface area contributed by atoms with Gasteiger partial charge in [0.1, 0.15) is 10.8 Å². The first kappa shape index (κ1) is 20.9. The lowest BCUT2D eigenvalue weighted by molar-refractivity contribution is -0.121. The van der Waals surface area contributed by atoms with E-state index in [1.807, 2.05) is 42.5 Å². The van der Waals surface area contributed by atoms with Crippen LogP contribution in [0.15, 0.2) is 54.6 Å². The SMILES string of the molecule is O=C(CCc1ccccc1)NC1CCc2sc(-c3ccc(OCCCCl)cc3)nc21. The van der Waals surface area contributed by atoms with Crippen molar-refractivity contribution in [2.24, 2.45) is 0 Å². The molecule has 0 saturated carbocycles. The number of rotatable bonds is 9. The van der Waals surface area contributed by atoms with Gasteiger partial charge in [-0.25, -0.2) is 4.98 Å². The van der Waals surface area contributed by atoms with Crippen molar-refractivity contribution in [1.29, 1.82) is 0 Å². The minimum Gasteiger partial charge on any atom is -0.494 e. The third-order valence-corrected chi connectivity index (χ3v) is 6.63. The summed E-state index contributed by atoms with van der Waals surface area (Å²) < 4.78 is 5.67. The summed E-state index contributed by atoms with van der Waals surface area (Å²) >= 11 is 7.41. The maximum Gasteiger partial charge on any atom is 0.220 e. The van der Waals surface area contributed by atoms with Crippen LogP contribution in [-0.4, -0.2) is 23.4 Å². The largest absolute Gasteiger partial charge is 0.494 e. The number of hydrogen-bond donors (Lipinski definition) is 1. The summed E-state index contributed by atoms with van der Waals surface area (Å²) in [6, 6.07) is 18.2. The van der Waals surface area contributed by atoms with Crippen molar-refractivity contribution in [3.05, 3.63) is 70.7 Å². The molecule has 2 aromatic carbocycles. The molecule has 0 saturated heterocycles. The van der Waals surface area contributed by atoms with Gasteiger partial charge in [-0.05, 0) is 55.5 Å². The van der Waals surface area contributed by atoms with Gasteiger partial charge in [0.15, 0.2) is 0 Å². The molecule has 6 heteroatoms. The zero-order valence-corrected chi connectivity index (χ0v) is 18.3. The molecule has 1 aromatic heterocycles. The van der Waals surface area contributed by atoms with Crippen molar-refractivity contribution in [2.75, 3.05) is 12.5 Å². The van der Waals surface area contributed by atoms with E-state index in [1.54, 1.807) is 11.3 Å². The molecule has 4 rings (SSSR count). The van der Waals surface area contributed by atoms with E-state index < -0.39 is 0 Å². The predicted molar refractivity (Wildman–Crippen MR) is 122 cm³/mol. The lowest BCUT2D eigenvalue weighted by atomic mass is 10.1. The number of ether oxygens (including phenoxy) is 1. The summed E-state index contributed by atoms with van der Waals surface area (Å²) in [5.41, 5.74) is 3.30. The molecule has 1 aliphatic carbocycles. The van der Waals surface area contributed by atoms with Crippen LogP contribution in [0.25, 0.3) is 10.6 Å². The fraction of sp³-hybridized carbons (Fsp3) is 0.333. The first-order valence-corrected chi connectivity index (χ1v) is 11.7. The van der Waals surface area contributed by atoms with Crippen molar-refractivity contribution in [3.8, 4) is 16.3 Å². The average molecular weight is 441 g/mol. The van der Waals surface area contributed by atoms with Gasteiger partial charge >= 0.3 is 0 Å². The van der Waals surface area contributed by atoms with Crippen LogP contribution < -0.4 is 10.1 Å². The molecule has 1 aliphatic rings. The van der Waals surface area contributed by atoms with Crippen molar-refractivity contribution in [2.45, 2.75) is 38.1 Å². The molecule has 1 amide bonds. The molecule has 1 atom stereocenters. The first-order valence-electron chi connectivity index (χ1n) is 10.3. The van der Waals surface area contributed by atoms with E-state index >= 15 is 0 Å². The number of aryl methyl sites for hydroxylation is 2. The Hall–Kier alpha value is -2.37. The van der Waals surface area contributed by atoms with E-state index in [0.29, 0.717) is 18.9 Å². The summed E-state index contributed by atoms with van der Waals surface area (Å²) in [5.74, 6) is 1.54. The van der Waals surface area contributed by atoms with Gasteiger partial charge in [-0.2, -0.15) is 0 Å². The second kappa shape index (κ2) is 10.1. The number of fused-ring (bicyclic) bond motifs is 1. The minimum absolute atomic E-state index is 0.0198. The second-order valence-corrected chi connectivity index (χ2v) is 8.85. The Labute approximate surface area is 186 Å². The third-order valence-electron chi connectivity index (χ3n) is 5.18. The van der Waals surface area contributed by atoms with E-state index in [1.165, 1.54) is 10.4 Å². The van der Waals surface area contributed by atoms with Crippen LogP contribution in [0.3, 0.4) is 0 Å². The molecule has 4 nitrogen and oxygen atoms in total. The number of nitrogens with one attached hydrogen (secondary N) is 1. The molecule has 1 unspecified atom stereocenters. The van der Waals surface area contributed by atoms with E-state index in [0.717, 1.165) is 47.7 Å². The van der Waals surface area contributed by atoms with Crippen LogP contribution in [0, 0.1) is 0 Å². The van der Waals surface area contributed by atoms with Crippen LogP contribution in [0.4, 0.5) is 0 Å². The van der Waals surface area contributed by atoms with Crippen LogP contribution in [0.5, 0.6) is 5.75 Å². The monoisotopic (exact) mass is 440 g/mol. The maximum absolute atomic E-state index is 12.4. The summed E-state index contributed by atoms with van der Waals surface area (Å²) in [4.78, 5) is 18.6. The molecule has 0 fully saturated rings. The molecule has 0 spiro atoms. The Morgan fingerprint density at radius 1 is 1.17 bits per heavy atom. The van der Waals surface area contributed by atoms with Crippen molar-refractivity contribution < 1.29 is 9.53 Å². The number of nitrogens with zero attached hydrogens (tertiary/aromatic N) is 1. The normalized spacial score (nSPS) is 15.0. The molecule has 1 heterocycles. The highest BCUT2D eigenvalue weighted by atomic mass is 35.5. The second-order valence-electron chi connectivity index (χ2n) is 7.39. The quantitative estimate of drug-likeness (QED) is 0.350. The zero-order chi connectivity index (χ0) is 20.8. The highest BCUT2D eigenvalue weighted by Crippen LogP contribution is 2.38. The molecule has 156 valence electrons. The number of carbonyl (C=O) groups is 1. The number of benzene rings is 2. The maximum atomic E-state index is 12.4. The van der Waals surface area contributed by atoms with E-state index in [-0.39, 0.29) is 11.9 Å². The lowest BCUT2D eigenvalue weighted by Crippen LogP contribution is -2.27. The van der Waals surface area contributed by atoms with Gasteiger partial charge in [-0.3, -0.25) is 4.79 Å². The van der Waals surface area contributed by atoms with Gasteiger partial charge in [0.25, 0.3) is 0 Å². The van der Waals surface area contributed by atoms with Crippen molar-refractivity contribution >= 4 is 28.8 Å². The third kappa shape index (κ3) is 5.21. The Kier molecular flexibility index (Phi) is 7.03. The zero-order valence-electron chi connectivity index (χ0n) is 16.8. The van der Waals surface area contributed by atoms with Gasteiger partial charge in [0, 0.05) is 22.7 Å². The minimum atomic E-state index is 0.0198. The number of aromatic nitrogens is 1. The Morgan fingerprint density at radius 3 is 2.73 bits per heavy atom. The Balaban J connectivity index is 1.35. The molecule has 0 radical (unpaired) electrons. The Bertz CT molecular complexity index is 973. The number of hydrogen-bond acceptors (Lipinski definition) is 4. The van der Waals surface area contributed by atoms with Crippen LogP contribution in [0.1, 0.15) is 41.4 Å². The van der Waals surface area contributed by atoms with Gasteiger partial charge in [0.2, 0.25) is 5.91 Å². The van der Waals surface area contributed by atoms with Gasteiger partial charge in [-0.15, -0.1) is 22.9 Å². The fourth-order valence-corrected chi connectivity index (χ4v) is 4.85. The van der Waals surface area contributed by atoms with Gasteiger partial charge in [-0.1, -0.05) is 30.3 Å². The standard InChI is InChI=1S/C24H25ClN2O2S/c25-15-4-16-29-19-10-8-18(9-11-19)24-27-23-20(12-13-21(23)30-24)26-22(28)14-7-17-5-2-1-3-6-17/h1-3,5-6,8-11,20H,4,7,12-16H2,(H,26,28). The number of amides is 1. The van der Waals surface area contributed by atoms with E-state index in [9.17, 15) is 4.79 Å². The topological polar surface area (TPSA) is 51.2 Å².